The second-order valence-electron chi connectivity index (χ2n) is 5.20. The number of benzene rings is 1. The Balaban J connectivity index is 1.84. The monoisotopic (exact) mass is 246 g/mol. The molecule has 0 spiro atoms. The van der Waals surface area contributed by atoms with Crippen LogP contribution in [-0.2, 0) is 4.79 Å². The Morgan fingerprint density at radius 3 is 2.44 bits per heavy atom. The summed E-state index contributed by atoms with van der Waals surface area (Å²) in [6.07, 6.45) is 4.56. The van der Waals surface area contributed by atoms with Gasteiger partial charge in [0.25, 0.3) is 0 Å². The quantitative estimate of drug-likeness (QED) is 0.804. The summed E-state index contributed by atoms with van der Waals surface area (Å²) in [6.45, 7) is 4.08. The van der Waals surface area contributed by atoms with Crippen molar-refractivity contribution >= 4 is 17.3 Å². The van der Waals surface area contributed by atoms with Crippen LogP contribution in [0.5, 0.6) is 0 Å². The van der Waals surface area contributed by atoms with Crippen LogP contribution < -0.4 is 10.6 Å². The molecule has 1 atom stereocenters. The lowest BCUT2D eigenvalue weighted by Gasteiger charge is -2.15. The Labute approximate surface area is 109 Å². The Morgan fingerprint density at radius 2 is 1.89 bits per heavy atom. The summed E-state index contributed by atoms with van der Waals surface area (Å²) in [7, 11) is 0. The molecule has 1 aliphatic rings. The maximum Gasteiger partial charge on any atom is 0.224 e. The van der Waals surface area contributed by atoms with Crippen molar-refractivity contribution < 1.29 is 4.79 Å². The summed E-state index contributed by atoms with van der Waals surface area (Å²) in [5.74, 6) is 0.994. The lowest BCUT2D eigenvalue weighted by atomic mass is 10.1. The fraction of sp³-hybridized carbons (Fsp3) is 0.533. The molecule has 2 N–H and O–H groups in total. The van der Waals surface area contributed by atoms with Crippen LogP contribution >= 0.6 is 0 Å². The van der Waals surface area contributed by atoms with Gasteiger partial charge in [0, 0.05) is 23.8 Å². The molecule has 18 heavy (non-hydrogen) atoms. The van der Waals surface area contributed by atoms with E-state index in [9.17, 15) is 4.79 Å². The van der Waals surface area contributed by atoms with Crippen molar-refractivity contribution in [3.05, 3.63) is 24.3 Å². The number of rotatable bonds is 6. The van der Waals surface area contributed by atoms with Gasteiger partial charge in [-0.15, -0.1) is 0 Å². The van der Waals surface area contributed by atoms with Gasteiger partial charge in [-0.05, 0) is 43.5 Å². The normalized spacial score (nSPS) is 16.1. The molecule has 1 amide bonds. The van der Waals surface area contributed by atoms with Crippen LogP contribution in [0.3, 0.4) is 0 Å². The summed E-state index contributed by atoms with van der Waals surface area (Å²) in [5.41, 5.74) is 1.99. The molecule has 1 aromatic rings. The first-order valence-corrected chi connectivity index (χ1v) is 6.84. The Hall–Kier alpha value is -1.51. The van der Waals surface area contributed by atoms with Gasteiger partial charge in [-0.2, -0.15) is 0 Å². The average molecular weight is 246 g/mol. The minimum Gasteiger partial charge on any atom is -0.383 e. The molecule has 0 radical (unpaired) electrons. The first kappa shape index (κ1) is 12.9. The van der Waals surface area contributed by atoms with Crippen LogP contribution in [0.25, 0.3) is 0 Å². The van der Waals surface area contributed by atoms with Gasteiger partial charge >= 0.3 is 0 Å². The van der Waals surface area contributed by atoms with E-state index in [-0.39, 0.29) is 5.91 Å². The van der Waals surface area contributed by atoms with Gasteiger partial charge in [0.05, 0.1) is 0 Å². The van der Waals surface area contributed by atoms with Gasteiger partial charge in [0.2, 0.25) is 5.91 Å². The third kappa shape index (κ3) is 4.06. The van der Waals surface area contributed by atoms with Crippen LogP contribution in [-0.4, -0.2) is 11.9 Å². The van der Waals surface area contributed by atoms with Crippen molar-refractivity contribution in [1.82, 2.24) is 0 Å². The van der Waals surface area contributed by atoms with Gasteiger partial charge in [-0.3, -0.25) is 4.79 Å². The molecular weight excluding hydrogens is 224 g/mol. The number of anilines is 2. The van der Waals surface area contributed by atoms with Crippen molar-refractivity contribution in [2.75, 3.05) is 10.6 Å². The largest absolute Gasteiger partial charge is 0.383 e. The molecule has 1 aliphatic carbocycles. The number of hydrogen-bond acceptors (Lipinski definition) is 2. The van der Waals surface area contributed by atoms with Gasteiger partial charge in [-0.25, -0.2) is 0 Å². The third-order valence-electron chi connectivity index (χ3n) is 3.29. The highest BCUT2D eigenvalue weighted by atomic mass is 16.1. The summed E-state index contributed by atoms with van der Waals surface area (Å²) in [6, 6.07) is 8.46. The Bertz CT molecular complexity index is 395. The van der Waals surface area contributed by atoms with Gasteiger partial charge < -0.3 is 10.6 Å². The number of nitrogens with one attached hydrogen (secondary N) is 2. The number of carbonyl (C=O) groups excluding carboxylic acids is 1. The van der Waals surface area contributed by atoms with E-state index in [1.165, 1.54) is 19.3 Å². The highest BCUT2D eigenvalue weighted by molar-refractivity contribution is 5.90. The van der Waals surface area contributed by atoms with Crippen LogP contribution in [0.4, 0.5) is 11.4 Å². The van der Waals surface area contributed by atoms with E-state index in [2.05, 4.69) is 17.6 Å². The molecule has 0 aliphatic heterocycles. The van der Waals surface area contributed by atoms with Crippen LogP contribution in [0.1, 0.15) is 39.5 Å². The van der Waals surface area contributed by atoms with E-state index < -0.39 is 0 Å². The third-order valence-corrected chi connectivity index (χ3v) is 3.29. The average Bonchev–Trinajstić information content (AvgIpc) is 3.15. The summed E-state index contributed by atoms with van der Waals surface area (Å²) >= 11 is 0. The van der Waals surface area contributed by atoms with Crippen molar-refractivity contribution in [3.8, 4) is 0 Å². The zero-order valence-electron chi connectivity index (χ0n) is 11.2. The topological polar surface area (TPSA) is 41.1 Å². The van der Waals surface area contributed by atoms with E-state index in [1.807, 2.05) is 31.2 Å². The van der Waals surface area contributed by atoms with E-state index >= 15 is 0 Å². The molecule has 1 saturated carbocycles. The van der Waals surface area contributed by atoms with Gasteiger partial charge in [0.1, 0.15) is 0 Å². The maximum absolute atomic E-state index is 11.2. The lowest BCUT2D eigenvalue weighted by molar-refractivity contribution is -0.115. The predicted molar refractivity (Wildman–Crippen MR) is 75.8 cm³/mol. The van der Waals surface area contributed by atoms with Crippen molar-refractivity contribution in [2.24, 2.45) is 5.92 Å². The van der Waals surface area contributed by atoms with Crippen LogP contribution in [0.15, 0.2) is 24.3 Å². The molecule has 2 rings (SSSR count). The molecule has 1 aromatic carbocycles. The fourth-order valence-corrected chi connectivity index (χ4v) is 2.10. The van der Waals surface area contributed by atoms with E-state index in [4.69, 9.17) is 0 Å². The second-order valence-corrected chi connectivity index (χ2v) is 5.20. The zero-order chi connectivity index (χ0) is 13.0. The Morgan fingerprint density at radius 1 is 1.28 bits per heavy atom. The zero-order valence-corrected chi connectivity index (χ0v) is 11.2. The molecule has 1 unspecified atom stereocenters. The summed E-state index contributed by atoms with van der Waals surface area (Å²) in [5, 5.41) is 6.34. The number of amides is 1. The first-order chi connectivity index (χ1) is 8.67. The van der Waals surface area contributed by atoms with Crippen molar-refractivity contribution in [1.29, 1.82) is 0 Å². The predicted octanol–water partition coefficient (Wildman–Crippen LogP) is 3.64. The van der Waals surface area contributed by atoms with E-state index in [1.54, 1.807) is 0 Å². The van der Waals surface area contributed by atoms with Crippen LogP contribution in [0, 0.1) is 5.92 Å². The highest BCUT2D eigenvalue weighted by Crippen LogP contribution is 2.34. The minimum atomic E-state index is 0.0535. The molecule has 98 valence electrons. The molecular formula is C15H22N2O. The summed E-state index contributed by atoms with van der Waals surface area (Å²) in [4.78, 5) is 11.2. The molecule has 0 saturated heterocycles. The highest BCUT2D eigenvalue weighted by Gasteiger charge is 2.23. The van der Waals surface area contributed by atoms with Gasteiger partial charge in [0.15, 0.2) is 0 Å². The SMILES string of the molecule is CCC(=O)Nc1ccc(NC(C)CC2CC2)cc1. The molecule has 0 aromatic heterocycles. The molecule has 1 fully saturated rings. The smallest absolute Gasteiger partial charge is 0.224 e. The maximum atomic E-state index is 11.2. The molecule has 0 bridgehead atoms. The van der Waals surface area contributed by atoms with Crippen molar-refractivity contribution in [3.63, 3.8) is 0 Å². The first-order valence-electron chi connectivity index (χ1n) is 6.84. The van der Waals surface area contributed by atoms with Crippen molar-refractivity contribution in [2.45, 2.75) is 45.6 Å². The minimum absolute atomic E-state index is 0.0535. The van der Waals surface area contributed by atoms with Gasteiger partial charge in [-0.1, -0.05) is 19.8 Å². The Kier molecular flexibility index (Phi) is 4.24. The molecule has 3 nitrogen and oxygen atoms in total. The summed E-state index contributed by atoms with van der Waals surface area (Å²) < 4.78 is 0. The van der Waals surface area contributed by atoms with E-state index in [0.29, 0.717) is 12.5 Å². The molecule has 0 heterocycles. The lowest BCUT2D eigenvalue weighted by Crippen LogP contribution is -2.15. The second kappa shape index (κ2) is 5.89. The molecule has 3 heteroatoms. The number of carbonyl (C=O) groups is 1. The standard InChI is InChI=1S/C15H22N2O/c1-3-15(18)17-14-8-6-13(7-9-14)16-11(2)10-12-4-5-12/h6-9,11-12,16H,3-5,10H2,1-2H3,(H,17,18). The van der Waals surface area contributed by atoms with Crippen LogP contribution in [0.2, 0.25) is 0 Å². The number of hydrogen-bond donors (Lipinski definition) is 2. The van der Waals surface area contributed by atoms with E-state index in [0.717, 1.165) is 17.3 Å². The fourth-order valence-electron chi connectivity index (χ4n) is 2.10.